The van der Waals surface area contributed by atoms with E-state index < -0.39 is 14.6 Å². The van der Waals surface area contributed by atoms with Crippen LogP contribution in [0.3, 0.4) is 0 Å². The predicted octanol–water partition coefficient (Wildman–Crippen LogP) is 1.91. The van der Waals surface area contributed by atoms with Crippen molar-refractivity contribution in [1.29, 1.82) is 0 Å². The first-order valence-corrected chi connectivity index (χ1v) is 11.3. The largest absolute Gasteiger partial charge is 0.357 e. The molecule has 0 aliphatic carbocycles. The number of nitrogens with one attached hydrogen (secondary N) is 1. The number of hydrogen-bond donors (Lipinski definition) is 1. The van der Waals surface area contributed by atoms with Crippen LogP contribution in [0.25, 0.3) is 0 Å². The molecule has 1 aromatic heterocycles. The molecule has 0 radical (unpaired) electrons. The molecule has 0 amide bonds. The van der Waals surface area contributed by atoms with Gasteiger partial charge in [0.25, 0.3) is 0 Å². The van der Waals surface area contributed by atoms with Gasteiger partial charge in [-0.05, 0) is 38.0 Å². The zero-order chi connectivity index (χ0) is 20.2. The normalized spacial score (nSPS) is 18.8. The number of sulfone groups is 1. The maximum Gasteiger partial charge on any atom is 0.194 e. The van der Waals surface area contributed by atoms with Crippen LogP contribution in [0, 0.1) is 0 Å². The number of guanidine groups is 1. The minimum atomic E-state index is -3.07. The summed E-state index contributed by atoms with van der Waals surface area (Å²) in [7, 11) is -3.07. The Bertz CT molecular complexity index is 920. The van der Waals surface area contributed by atoms with E-state index in [1.165, 1.54) is 5.56 Å². The lowest BCUT2D eigenvalue weighted by atomic mass is 10.1. The second kappa shape index (κ2) is 8.34. The highest BCUT2D eigenvalue weighted by Crippen LogP contribution is 2.23. The lowest BCUT2D eigenvalue weighted by molar-refractivity contribution is 0.353. The third-order valence-electron chi connectivity index (χ3n) is 4.98. The Balaban J connectivity index is 1.73. The van der Waals surface area contributed by atoms with E-state index >= 15 is 0 Å². The van der Waals surface area contributed by atoms with E-state index in [1.807, 2.05) is 29.9 Å². The van der Waals surface area contributed by atoms with Gasteiger partial charge in [-0.15, -0.1) is 0 Å². The maximum absolute atomic E-state index is 12.3. The molecule has 3 rings (SSSR count). The molecule has 0 bridgehead atoms. The van der Waals surface area contributed by atoms with Crippen molar-refractivity contribution in [3.63, 3.8) is 0 Å². The summed E-state index contributed by atoms with van der Waals surface area (Å²) < 4.78 is 25.7. The fourth-order valence-electron chi connectivity index (χ4n) is 3.32. The molecule has 0 unspecified atom stereocenters. The number of hydrogen-bond acceptors (Lipinski definition) is 4. The second-order valence-corrected chi connectivity index (χ2v) is 10.4. The molecular weight excluding hydrogens is 374 g/mol. The third-order valence-corrected chi connectivity index (χ3v) is 7.52. The van der Waals surface area contributed by atoms with Crippen LogP contribution in [0.15, 0.2) is 47.7 Å². The van der Waals surface area contributed by atoms with Crippen LogP contribution in [0.2, 0.25) is 0 Å². The zero-order valence-electron chi connectivity index (χ0n) is 16.8. The van der Waals surface area contributed by atoms with Crippen LogP contribution < -0.4 is 5.32 Å². The summed E-state index contributed by atoms with van der Waals surface area (Å²) in [5.74, 6) is 0.923. The van der Waals surface area contributed by atoms with Crippen molar-refractivity contribution in [2.24, 2.45) is 4.99 Å². The number of rotatable bonds is 5. The molecule has 0 saturated carbocycles. The van der Waals surface area contributed by atoms with Gasteiger partial charge in [0.05, 0.1) is 23.6 Å². The van der Waals surface area contributed by atoms with Gasteiger partial charge in [0.1, 0.15) is 0 Å². The van der Waals surface area contributed by atoms with Crippen LogP contribution in [0.4, 0.5) is 0 Å². The second-order valence-electron chi connectivity index (χ2n) is 7.69. The van der Waals surface area contributed by atoms with Gasteiger partial charge in [0.15, 0.2) is 15.8 Å². The molecule has 1 aromatic carbocycles. The van der Waals surface area contributed by atoms with Crippen LogP contribution in [-0.4, -0.2) is 59.2 Å². The Morgan fingerprint density at radius 1 is 1.29 bits per heavy atom. The van der Waals surface area contributed by atoms with Gasteiger partial charge in [-0.3, -0.25) is 4.68 Å². The molecule has 1 aliphatic heterocycles. The average Bonchev–Trinajstić information content (AvgIpc) is 3.14. The molecule has 0 atom stereocenters. The van der Waals surface area contributed by atoms with Crippen molar-refractivity contribution in [3.05, 3.63) is 53.9 Å². The molecule has 8 heteroatoms. The van der Waals surface area contributed by atoms with Gasteiger partial charge in [-0.2, -0.15) is 5.10 Å². The molecule has 2 aromatic rings. The first-order valence-electron chi connectivity index (χ1n) is 9.61. The van der Waals surface area contributed by atoms with E-state index in [9.17, 15) is 8.42 Å². The van der Waals surface area contributed by atoms with E-state index in [0.717, 1.165) is 24.6 Å². The molecule has 1 saturated heterocycles. The summed E-state index contributed by atoms with van der Waals surface area (Å²) in [6.07, 6.45) is 3.72. The molecular formula is C20H29N5O2S. The van der Waals surface area contributed by atoms with Crippen molar-refractivity contribution in [2.75, 3.05) is 25.4 Å². The number of benzene rings is 1. The SMILES string of the molecule is CCNC(=NCc1cccc(Cn2cccn2)c1)N1CCS(=O)(=O)C(C)(C)C1. The summed E-state index contributed by atoms with van der Waals surface area (Å²) in [6.45, 7) is 8.51. The Labute approximate surface area is 167 Å². The quantitative estimate of drug-likeness (QED) is 0.609. The topological polar surface area (TPSA) is 79.6 Å². The van der Waals surface area contributed by atoms with Crippen LogP contribution in [-0.2, 0) is 22.9 Å². The summed E-state index contributed by atoms with van der Waals surface area (Å²) in [4.78, 5) is 6.83. The van der Waals surface area contributed by atoms with E-state index in [-0.39, 0.29) is 5.75 Å². The number of nitrogens with zero attached hydrogens (tertiary/aromatic N) is 4. The molecule has 7 nitrogen and oxygen atoms in total. The Morgan fingerprint density at radius 3 is 2.75 bits per heavy atom. The minimum Gasteiger partial charge on any atom is -0.357 e. The van der Waals surface area contributed by atoms with Gasteiger partial charge in [0.2, 0.25) is 0 Å². The highest BCUT2D eigenvalue weighted by atomic mass is 32.2. The zero-order valence-corrected chi connectivity index (χ0v) is 17.6. The van der Waals surface area contributed by atoms with Gasteiger partial charge in [-0.1, -0.05) is 24.3 Å². The molecule has 152 valence electrons. The molecule has 1 aliphatic rings. The molecule has 1 fully saturated rings. The van der Waals surface area contributed by atoms with E-state index in [0.29, 0.717) is 19.6 Å². The first-order chi connectivity index (χ1) is 13.3. The Morgan fingerprint density at radius 2 is 2.07 bits per heavy atom. The molecule has 1 N–H and O–H groups in total. The van der Waals surface area contributed by atoms with E-state index in [2.05, 4.69) is 33.5 Å². The highest BCUT2D eigenvalue weighted by Gasteiger charge is 2.40. The summed E-state index contributed by atoms with van der Waals surface area (Å²) in [5, 5.41) is 7.56. The smallest absolute Gasteiger partial charge is 0.194 e. The van der Waals surface area contributed by atoms with Crippen LogP contribution in [0.5, 0.6) is 0 Å². The maximum atomic E-state index is 12.3. The number of aromatic nitrogens is 2. The highest BCUT2D eigenvalue weighted by molar-refractivity contribution is 7.92. The van der Waals surface area contributed by atoms with Crippen molar-refractivity contribution < 1.29 is 8.42 Å². The lowest BCUT2D eigenvalue weighted by Crippen LogP contribution is -2.57. The molecule has 28 heavy (non-hydrogen) atoms. The number of aliphatic imine (C=N–C) groups is 1. The minimum absolute atomic E-state index is 0.157. The Kier molecular flexibility index (Phi) is 6.07. The third kappa shape index (κ3) is 4.73. The fraction of sp³-hybridized carbons (Fsp3) is 0.500. The summed E-state index contributed by atoms with van der Waals surface area (Å²) in [5.41, 5.74) is 2.29. The van der Waals surface area contributed by atoms with Crippen LogP contribution in [0.1, 0.15) is 31.9 Å². The van der Waals surface area contributed by atoms with Gasteiger partial charge in [0, 0.05) is 32.0 Å². The predicted molar refractivity (Wildman–Crippen MR) is 112 cm³/mol. The van der Waals surface area contributed by atoms with Gasteiger partial charge in [-0.25, -0.2) is 13.4 Å². The Hall–Kier alpha value is -2.35. The van der Waals surface area contributed by atoms with Crippen molar-refractivity contribution in [2.45, 2.75) is 38.6 Å². The lowest BCUT2D eigenvalue weighted by Gasteiger charge is -2.39. The van der Waals surface area contributed by atoms with Crippen LogP contribution >= 0.6 is 0 Å². The summed E-state index contributed by atoms with van der Waals surface area (Å²) >= 11 is 0. The van der Waals surface area contributed by atoms with Crippen molar-refractivity contribution in [1.82, 2.24) is 20.0 Å². The van der Waals surface area contributed by atoms with Gasteiger partial charge < -0.3 is 10.2 Å². The first kappa shape index (κ1) is 20.4. The monoisotopic (exact) mass is 403 g/mol. The van der Waals surface area contributed by atoms with Crippen molar-refractivity contribution in [3.8, 4) is 0 Å². The molecule has 0 spiro atoms. The molecule has 2 heterocycles. The van der Waals surface area contributed by atoms with E-state index in [1.54, 1.807) is 20.0 Å². The van der Waals surface area contributed by atoms with Gasteiger partial charge >= 0.3 is 0 Å². The standard InChI is InChI=1S/C20H29N5O2S/c1-4-21-19(24-11-12-28(26,27)20(2,3)16-24)22-14-17-7-5-8-18(13-17)15-25-10-6-9-23-25/h5-10,13H,4,11-12,14-16H2,1-3H3,(H,21,22). The fourth-order valence-corrected chi connectivity index (χ4v) is 4.69. The van der Waals surface area contributed by atoms with E-state index in [4.69, 9.17) is 4.99 Å². The van der Waals surface area contributed by atoms with Crippen molar-refractivity contribution >= 4 is 15.8 Å². The summed E-state index contributed by atoms with van der Waals surface area (Å²) in [6, 6.07) is 10.2. The average molecular weight is 404 g/mol.